The molecule has 12 heteroatoms. The van der Waals surface area contributed by atoms with Crippen molar-refractivity contribution < 1.29 is 38.1 Å². The van der Waals surface area contributed by atoms with E-state index in [4.69, 9.17) is 31.2 Å². The first-order valence-electron chi connectivity index (χ1n) is 11.5. The smallest absolute Gasteiger partial charge is 0.310 e. The topological polar surface area (TPSA) is 157 Å². The van der Waals surface area contributed by atoms with Crippen molar-refractivity contribution >= 4 is 41.1 Å². The van der Waals surface area contributed by atoms with Crippen LogP contribution in [0.2, 0.25) is 0 Å². The Morgan fingerprint density at radius 2 is 1.41 bits per heavy atom. The third-order valence-corrected chi connectivity index (χ3v) is 6.70. The molecule has 2 N–H and O–H groups in total. The fraction of sp³-hybridized carbons (Fsp3) is 0.520. The largest absolute Gasteiger partial charge is 0.469 e. The Morgan fingerprint density at radius 3 is 1.95 bits per heavy atom. The van der Waals surface area contributed by atoms with Crippen molar-refractivity contribution in [2.24, 2.45) is 0 Å². The SMILES string of the molecule is COC(=O)CCC1=C(CC(=O)OC)C(C)(Cc2[nH]c(C#N)c(CCC(=O)OC)c2CC(=O)OC)NC1=S. The molecule has 1 aliphatic heterocycles. The van der Waals surface area contributed by atoms with Crippen molar-refractivity contribution in [1.82, 2.24) is 10.3 Å². The second-order valence-electron chi connectivity index (χ2n) is 8.63. The molecule has 0 aliphatic carbocycles. The first-order chi connectivity index (χ1) is 17.5. The molecule has 0 saturated carbocycles. The minimum atomic E-state index is -0.904. The van der Waals surface area contributed by atoms with Crippen LogP contribution in [0.1, 0.15) is 55.1 Å². The monoisotopic (exact) mass is 533 g/mol. The second-order valence-corrected chi connectivity index (χ2v) is 9.03. The van der Waals surface area contributed by atoms with Crippen molar-refractivity contribution in [2.45, 2.75) is 57.4 Å². The lowest BCUT2D eigenvalue weighted by molar-refractivity contribution is -0.141. The number of rotatable bonds is 12. The van der Waals surface area contributed by atoms with Crippen LogP contribution in [-0.2, 0) is 57.4 Å². The van der Waals surface area contributed by atoms with Crippen LogP contribution in [0.3, 0.4) is 0 Å². The zero-order valence-electron chi connectivity index (χ0n) is 21.6. The fourth-order valence-electron chi connectivity index (χ4n) is 4.40. The van der Waals surface area contributed by atoms with Crippen molar-refractivity contribution in [1.29, 1.82) is 5.26 Å². The van der Waals surface area contributed by atoms with Crippen LogP contribution in [0.15, 0.2) is 11.1 Å². The average Bonchev–Trinajstić information content (AvgIpc) is 3.32. The summed E-state index contributed by atoms with van der Waals surface area (Å²) >= 11 is 5.56. The zero-order chi connectivity index (χ0) is 27.8. The van der Waals surface area contributed by atoms with Gasteiger partial charge in [-0.3, -0.25) is 19.2 Å². The van der Waals surface area contributed by atoms with Gasteiger partial charge in [0.25, 0.3) is 0 Å². The van der Waals surface area contributed by atoms with Gasteiger partial charge in [0.2, 0.25) is 0 Å². The normalized spacial score (nSPS) is 16.6. The van der Waals surface area contributed by atoms with Crippen molar-refractivity contribution in [2.75, 3.05) is 28.4 Å². The fourth-order valence-corrected chi connectivity index (χ4v) is 4.85. The Bertz CT molecular complexity index is 1160. The molecule has 1 aliphatic rings. The summed E-state index contributed by atoms with van der Waals surface area (Å²) in [5.74, 6) is -1.88. The minimum Gasteiger partial charge on any atom is -0.469 e. The highest BCUT2D eigenvalue weighted by molar-refractivity contribution is 7.80. The molecule has 11 nitrogen and oxygen atoms in total. The molecule has 0 radical (unpaired) electrons. The van der Waals surface area contributed by atoms with Crippen molar-refractivity contribution in [3.8, 4) is 6.07 Å². The van der Waals surface area contributed by atoms with E-state index in [9.17, 15) is 24.4 Å². The van der Waals surface area contributed by atoms with E-state index >= 15 is 0 Å². The molecule has 2 heterocycles. The van der Waals surface area contributed by atoms with Crippen molar-refractivity contribution in [3.05, 3.63) is 33.7 Å². The molecule has 0 aromatic carbocycles. The van der Waals surface area contributed by atoms with Crippen LogP contribution in [0.25, 0.3) is 0 Å². The number of esters is 4. The van der Waals surface area contributed by atoms with E-state index in [-0.39, 0.29) is 50.6 Å². The second kappa shape index (κ2) is 13.0. The Balaban J connectivity index is 2.57. The van der Waals surface area contributed by atoms with E-state index < -0.39 is 29.4 Å². The molecule has 2 rings (SSSR count). The van der Waals surface area contributed by atoms with Crippen LogP contribution >= 0.6 is 12.2 Å². The number of nitrogens with one attached hydrogen (secondary N) is 2. The quantitative estimate of drug-likeness (QED) is 0.229. The third kappa shape index (κ3) is 7.16. The average molecular weight is 534 g/mol. The summed E-state index contributed by atoms with van der Waals surface area (Å²) in [5, 5.41) is 13.0. The number of aromatic amines is 1. The predicted molar refractivity (Wildman–Crippen MR) is 134 cm³/mol. The maximum absolute atomic E-state index is 12.3. The van der Waals surface area contributed by atoms with Crippen LogP contribution in [0, 0.1) is 11.3 Å². The first kappa shape index (κ1) is 29.5. The van der Waals surface area contributed by atoms with Gasteiger partial charge >= 0.3 is 23.9 Å². The summed E-state index contributed by atoms with van der Waals surface area (Å²) < 4.78 is 19.2. The number of carbonyl (C=O) groups is 4. The summed E-state index contributed by atoms with van der Waals surface area (Å²) in [4.78, 5) is 51.6. The maximum Gasteiger partial charge on any atom is 0.310 e. The molecule has 0 bridgehead atoms. The number of H-pyrrole nitrogens is 1. The lowest BCUT2D eigenvalue weighted by atomic mass is 9.83. The molecule has 0 saturated heterocycles. The molecule has 1 unspecified atom stereocenters. The Labute approximate surface area is 220 Å². The van der Waals surface area contributed by atoms with Crippen LogP contribution in [-0.4, -0.2) is 67.8 Å². The van der Waals surface area contributed by atoms with Crippen LogP contribution < -0.4 is 5.32 Å². The van der Waals surface area contributed by atoms with Gasteiger partial charge in [-0.05, 0) is 42.0 Å². The van der Waals surface area contributed by atoms with Gasteiger partial charge in [-0.25, -0.2) is 0 Å². The standard InChI is InChI=1S/C25H31N3O8S/c1-25(17(11-23(32)36-5)15(24(37)28-25)7-9-21(30)34-3)12-18-16(10-22(31)35-4)14(19(13-26)27-18)6-8-20(29)33-2/h27H,6-12H2,1-5H3,(H,28,37). The number of thiocarbonyl (C=S) groups is 1. The van der Waals surface area contributed by atoms with Crippen LogP contribution in [0.5, 0.6) is 0 Å². The summed E-state index contributed by atoms with van der Waals surface area (Å²) in [5.41, 5.74) is 2.19. The molecule has 0 fully saturated rings. The van der Waals surface area contributed by atoms with E-state index in [0.29, 0.717) is 33.0 Å². The Kier molecular flexibility index (Phi) is 10.4. The van der Waals surface area contributed by atoms with E-state index in [1.54, 1.807) is 0 Å². The maximum atomic E-state index is 12.3. The van der Waals surface area contributed by atoms with Crippen LogP contribution in [0.4, 0.5) is 0 Å². The molecule has 1 atom stereocenters. The molecule has 200 valence electrons. The number of carbonyl (C=O) groups excluding carboxylic acids is 4. The van der Waals surface area contributed by atoms with Gasteiger partial charge in [-0.1, -0.05) is 12.2 Å². The van der Waals surface area contributed by atoms with Crippen molar-refractivity contribution in [3.63, 3.8) is 0 Å². The van der Waals surface area contributed by atoms with Gasteiger partial charge in [-0.15, -0.1) is 0 Å². The van der Waals surface area contributed by atoms with Gasteiger partial charge in [0, 0.05) is 25.0 Å². The highest BCUT2D eigenvalue weighted by Gasteiger charge is 2.41. The zero-order valence-corrected chi connectivity index (χ0v) is 22.4. The third-order valence-electron chi connectivity index (χ3n) is 6.35. The number of aromatic nitrogens is 1. The Morgan fingerprint density at radius 1 is 0.865 bits per heavy atom. The van der Waals surface area contributed by atoms with E-state index in [0.717, 1.165) is 0 Å². The predicted octanol–water partition coefficient (Wildman–Crippen LogP) is 1.75. The lowest BCUT2D eigenvalue weighted by Gasteiger charge is -2.29. The number of hydrogen-bond donors (Lipinski definition) is 2. The van der Waals surface area contributed by atoms with Gasteiger partial charge in [0.15, 0.2) is 0 Å². The lowest BCUT2D eigenvalue weighted by Crippen LogP contribution is -2.44. The molecular weight excluding hydrogens is 502 g/mol. The summed E-state index contributed by atoms with van der Waals surface area (Å²) in [7, 11) is 5.10. The van der Waals surface area contributed by atoms with E-state index in [1.807, 2.05) is 6.92 Å². The van der Waals surface area contributed by atoms with E-state index in [1.165, 1.54) is 28.4 Å². The first-order valence-corrected chi connectivity index (χ1v) is 11.9. The highest BCUT2D eigenvalue weighted by atomic mass is 32.1. The summed E-state index contributed by atoms with van der Waals surface area (Å²) in [6.45, 7) is 1.84. The Hall–Kier alpha value is -3.72. The summed E-state index contributed by atoms with van der Waals surface area (Å²) in [6, 6.07) is 2.09. The van der Waals surface area contributed by atoms with Gasteiger partial charge in [0.05, 0.1) is 46.8 Å². The molecular formula is C25H31N3O8S. The molecule has 37 heavy (non-hydrogen) atoms. The number of methoxy groups -OCH3 is 4. The highest BCUT2D eigenvalue weighted by Crippen LogP contribution is 2.37. The van der Waals surface area contributed by atoms with Gasteiger partial charge < -0.3 is 29.2 Å². The molecule has 1 aromatic rings. The molecule has 0 spiro atoms. The molecule has 1 aromatic heterocycles. The number of nitrogens with zero attached hydrogens (tertiary/aromatic N) is 1. The number of ether oxygens (including phenoxy) is 4. The van der Waals surface area contributed by atoms with Gasteiger partial charge in [-0.2, -0.15) is 5.26 Å². The van der Waals surface area contributed by atoms with Gasteiger partial charge in [0.1, 0.15) is 16.8 Å². The number of hydrogen-bond acceptors (Lipinski definition) is 10. The number of nitriles is 1. The molecule has 0 amide bonds. The minimum absolute atomic E-state index is 0.0153. The van der Waals surface area contributed by atoms with E-state index in [2.05, 4.69) is 16.4 Å². The summed E-state index contributed by atoms with van der Waals surface area (Å²) in [6.07, 6.45) is 0.517.